The van der Waals surface area contributed by atoms with Gasteiger partial charge < -0.3 is 20.3 Å². The van der Waals surface area contributed by atoms with Crippen molar-refractivity contribution in [3.8, 4) is 11.5 Å². The van der Waals surface area contributed by atoms with Gasteiger partial charge in [-0.25, -0.2) is 0 Å². The SMILES string of the molecule is Cc1ccc2[nH]cc([C@@H]3C=C4[C@@](C)(CC[C@@]5(C)[C@@H]6C[C@](C)(C(=O)O)CC[C@]6(C)CC[C@]45C)c4cc(O)c(O)c(C)c43)c2c1. The molecule has 7 rings (SSSR count). The van der Waals surface area contributed by atoms with Gasteiger partial charge >= 0.3 is 5.97 Å². The largest absolute Gasteiger partial charge is 0.504 e. The Morgan fingerprint density at radius 3 is 2.37 bits per heavy atom. The van der Waals surface area contributed by atoms with Crippen molar-refractivity contribution in [2.75, 3.05) is 0 Å². The highest BCUT2D eigenvalue weighted by molar-refractivity contribution is 5.86. The van der Waals surface area contributed by atoms with Crippen LogP contribution in [0.15, 0.2) is 42.1 Å². The van der Waals surface area contributed by atoms with Gasteiger partial charge in [-0.3, -0.25) is 4.79 Å². The summed E-state index contributed by atoms with van der Waals surface area (Å²) in [5.41, 5.74) is 6.85. The van der Waals surface area contributed by atoms with Crippen molar-refractivity contribution < 1.29 is 20.1 Å². The predicted octanol–water partition coefficient (Wildman–Crippen LogP) is 9.02. The van der Waals surface area contributed by atoms with Crippen LogP contribution in [-0.2, 0) is 10.2 Å². The first-order valence-corrected chi connectivity index (χ1v) is 16.2. The number of phenolic OH excluding ortho intramolecular Hbond substituents is 2. The first kappa shape index (κ1) is 28.6. The number of phenols is 2. The van der Waals surface area contributed by atoms with Crippen LogP contribution < -0.4 is 0 Å². The van der Waals surface area contributed by atoms with Gasteiger partial charge in [0, 0.05) is 28.4 Å². The lowest BCUT2D eigenvalue weighted by molar-refractivity contribution is -0.177. The summed E-state index contributed by atoms with van der Waals surface area (Å²) in [5, 5.41) is 33.5. The smallest absolute Gasteiger partial charge is 0.309 e. The molecule has 0 unspecified atom stereocenters. The maximum atomic E-state index is 12.6. The number of aromatic amines is 1. The maximum absolute atomic E-state index is 12.6. The lowest BCUT2D eigenvalue weighted by Crippen LogP contribution is -2.62. The molecule has 1 heterocycles. The molecule has 3 saturated carbocycles. The summed E-state index contributed by atoms with van der Waals surface area (Å²) in [6.45, 7) is 15.8. The second kappa shape index (κ2) is 8.70. The number of H-pyrrole nitrogens is 1. The van der Waals surface area contributed by atoms with E-state index in [1.165, 1.54) is 22.1 Å². The molecule has 2 aromatic carbocycles. The van der Waals surface area contributed by atoms with E-state index in [-0.39, 0.29) is 39.1 Å². The number of hydrogen-bond donors (Lipinski definition) is 4. The molecule has 1 aromatic heterocycles. The molecule has 0 saturated heterocycles. The van der Waals surface area contributed by atoms with Gasteiger partial charge in [-0.1, -0.05) is 51.0 Å². The number of nitrogens with one attached hydrogen (secondary N) is 1. The zero-order chi connectivity index (χ0) is 30.9. The fourth-order valence-corrected chi connectivity index (χ4v) is 10.7. The Kier molecular flexibility index (Phi) is 5.78. The molecule has 228 valence electrons. The van der Waals surface area contributed by atoms with Crippen LogP contribution in [0.2, 0.25) is 0 Å². The van der Waals surface area contributed by atoms with E-state index in [1.807, 2.05) is 19.9 Å². The molecule has 5 nitrogen and oxygen atoms in total. The monoisotopic (exact) mass is 581 g/mol. The number of aromatic nitrogens is 1. The van der Waals surface area contributed by atoms with Gasteiger partial charge in [-0.05, 0) is 128 Å². The molecule has 43 heavy (non-hydrogen) atoms. The van der Waals surface area contributed by atoms with Crippen LogP contribution in [0.3, 0.4) is 0 Å². The van der Waals surface area contributed by atoms with E-state index in [1.54, 1.807) is 0 Å². The molecular weight excluding hydrogens is 534 g/mol. The van der Waals surface area contributed by atoms with Crippen molar-refractivity contribution in [2.24, 2.45) is 27.6 Å². The predicted molar refractivity (Wildman–Crippen MR) is 171 cm³/mol. The quantitative estimate of drug-likeness (QED) is 0.179. The Bertz CT molecular complexity index is 1730. The molecule has 5 heteroatoms. The number of aryl methyl sites for hydroxylation is 1. The van der Waals surface area contributed by atoms with Gasteiger partial charge in [-0.2, -0.15) is 0 Å². The van der Waals surface area contributed by atoms with E-state index in [4.69, 9.17) is 0 Å². The zero-order valence-corrected chi connectivity index (χ0v) is 26.8. The highest BCUT2D eigenvalue weighted by Gasteiger charge is 2.67. The highest BCUT2D eigenvalue weighted by atomic mass is 16.4. The van der Waals surface area contributed by atoms with Gasteiger partial charge in [0.2, 0.25) is 0 Å². The van der Waals surface area contributed by atoms with Crippen LogP contribution in [0.4, 0.5) is 0 Å². The topological polar surface area (TPSA) is 93.6 Å². The Balaban J connectivity index is 1.47. The fourth-order valence-electron chi connectivity index (χ4n) is 10.7. The average Bonchev–Trinajstić information content (AvgIpc) is 3.37. The van der Waals surface area contributed by atoms with E-state index in [0.717, 1.165) is 67.2 Å². The van der Waals surface area contributed by atoms with Crippen LogP contribution in [0.5, 0.6) is 11.5 Å². The minimum absolute atomic E-state index is 0.0318. The second-order valence-corrected chi connectivity index (χ2v) is 16.0. The van der Waals surface area contributed by atoms with Crippen LogP contribution >= 0.6 is 0 Å². The van der Waals surface area contributed by atoms with Crippen molar-refractivity contribution in [3.05, 3.63) is 69.9 Å². The Morgan fingerprint density at radius 1 is 0.930 bits per heavy atom. The first-order chi connectivity index (χ1) is 20.1. The molecule has 3 aromatic rings. The molecule has 7 atom stereocenters. The molecule has 0 radical (unpaired) electrons. The first-order valence-electron chi connectivity index (χ1n) is 16.2. The van der Waals surface area contributed by atoms with Crippen molar-refractivity contribution in [2.45, 2.75) is 105 Å². The summed E-state index contributed by atoms with van der Waals surface area (Å²) in [6, 6.07) is 8.36. The second-order valence-electron chi connectivity index (χ2n) is 16.0. The van der Waals surface area contributed by atoms with Crippen LogP contribution in [0, 0.1) is 41.4 Å². The van der Waals surface area contributed by atoms with E-state index in [2.05, 4.69) is 70.1 Å². The number of benzene rings is 2. The molecular formula is C38H47NO4. The Hall–Kier alpha value is -3.21. The van der Waals surface area contributed by atoms with Crippen LogP contribution in [0.1, 0.15) is 113 Å². The van der Waals surface area contributed by atoms with Gasteiger partial charge in [-0.15, -0.1) is 0 Å². The number of aromatic hydroxyl groups is 2. The number of aliphatic carboxylic acids is 1. The summed E-state index contributed by atoms with van der Waals surface area (Å²) in [7, 11) is 0. The standard InChI is InChI=1S/C38H47NO4/c1-21-8-9-27-23(16-21)25(20-39-27)24-17-29-36(5,26-18-28(40)32(41)22(2)31(24)26)13-15-38(7)30-19-35(4,33(42)43)11-10-34(30,3)12-14-37(29,38)6/h8-9,16-18,20,24,30,39-41H,10-15,19H2,1-7H3,(H,42,43)/t24-,30+,34+,35+,36-,37+,38-/m0/s1. The van der Waals surface area contributed by atoms with E-state index >= 15 is 0 Å². The molecule has 0 aliphatic heterocycles. The number of carboxylic acid groups (broad SMARTS) is 1. The minimum Gasteiger partial charge on any atom is -0.504 e. The molecule has 0 spiro atoms. The normalized spacial score (nSPS) is 38.4. The number of fused-ring (bicyclic) bond motifs is 8. The third kappa shape index (κ3) is 3.54. The van der Waals surface area contributed by atoms with Crippen molar-refractivity contribution in [3.63, 3.8) is 0 Å². The number of rotatable bonds is 2. The van der Waals surface area contributed by atoms with Gasteiger partial charge in [0.05, 0.1) is 5.41 Å². The number of carbonyl (C=O) groups is 1. The lowest BCUT2D eigenvalue weighted by atomic mass is 9.34. The molecule has 3 fully saturated rings. The molecule has 0 bridgehead atoms. The molecule has 0 amide bonds. The maximum Gasteiger partial charge on any atom is 0.309 e. The van der Waals surface area contributed by atoms with E-state index < -0.39 is 11.4 Å². The summed E-state index contributed by atoms with van der Waals surface area (Å²) in [5.74, 6) is -0.507. The Morgan fingerprint density at radius 2 is 1.65 bits per heavy atom. The zero-order valence-electron chi connectivity index (χ0n) is 26.8. The fraction of sp³-hybridized carbons (Fsp3) is 0.553. The third-order valence-electron chi connectivity index (χ3n) is 13.8. The van der Waals surface area contributed by atoms with Crippen LogP contribution in [0.25, 0.3) is 10.9 Å². The molecule has 4 aliphatic carbocycles. The lowest BCUT2D eigenvalue weighted by Gasteiger charge is -2.70. The van der Waals surface area contributed by atoms with Gasteiger partial charge in [0.25, 0.3) is 0 Å². The van der Waals surface area contributed by atoms with Crippen molar-refractivity contribution >= 4 is 16.9 Å². The number of allylic oxidation sites excluding steroid dienone is 2. The summed E-state index contributed by atoms with van der Waals surface area (Å²) in [4.78, 5) is 16.1. The van der Waals surface area contributed by atoms with Crippen LogP contribution in [-0.4, -0.2) is 26.3 Å². The van der Waals surface area contributed by atoms with Gasteiger partial charge in [0.15, 0.2) is 11.5 Å². The average molecular weight is 582 g/mol. The summed E-state index contributed by atoms with van der Waals surface area (Å²) >= 11 is 0. The third-order valence-corrected chi connectivity index (χ3v) is 13.8. The molecule has 4 aliphatic rings. The summed E-state index contributed by atoms with van der Waals surface area (Å²) < 4.78 is 0. The summed E-state index contributed by atoms with van der Waals surface area (Å²) in [6.07, 6.45) is 11.2. The van der Waals surface area contributed by atoms with Gasteiger partial charge in [0.1, 0.15) is 0 Å². The van der Waals surface area contributed by atoms with Crippen molar-refractivity contribution in [1.29, 1.82) is 0 Å². The highest BCUT2D eigenvalue weighted by Crippen LogP contribution is 2.75. The number of hydrogen-bond acceptors (Lipinski definition) is 3. The number of carboxylic acids is 1. The minimum atomic E-state index is -0.690. The van der Waals surface area contributed by atoms with E-state index in [9.17, 15) is 20.1 Å². The molecule has 4 N–H and O–H groups in total. The van der Waals surface area contributed by atoms with E-state index in [0.29, 0.717) is 5.92 Å². The van der Waals surface area contributed by atoms with Crippen molar-refractivity contribution in [1.82, 2.24) is 4.98 Å². The Labute approximate surface area is 255 Å².